The molecule has 5 nitrogen and oxygen atoms in total. The quantitative estimate of drug-likeness (QED) is 0.911. The summed E-state index contributed by atoms with van der Waals surface area (Å²) in [7, 11) is 0. The average Bonchev–Trinajstić information content (AvgIpc) is 2.82. The van der Waals surface area contributed by atoms with Crippen molar-refractivity contribution in [2.24, 2.45) is 5.41 Å². The zero-order chi connectivity index (χ0) is 17.1. The van der Waals surface area contributed by atoms with Crippen molar-refractivity contribution >= 4 is 17.4 Å². The number of piperidine rings is 1. The number of carbonyl (C=O) groups is 1. The number of likely N-dealkylation sites (tertiary alicyclic amines) is 1. The Morgan fingerprint density at radius 1 is 1.52 bits per heavy atom. The smallest absolute Gasteiger partial charge is 0.410 e. The lowest BCUT2D eigenvalue weighted by Gasteiger charge is -2.41. The molecular weight excluding hydrogens is 310 g/mol. The van der Waals surface area contributed by atoms with Crippen LogP contribution < -0.4 is 5.32 Å². The van der Waals surface area contributed by atoms with Gasteiger partial charge in [-0.05, 0) is 46.0 Å². The van der Waals surface area contributed by atoms with Gasteiger partial charge in [-0.15, -0.1) is 11.3 Å². The molecule has 6 heteroatoms. The first kappa shape index (κ1) is 18.2. The summed E-state index contributed by atoms with van der Waals surface area (Å²) in [6.07, 6.45) is 1.95. The highest BCUT2D eigenvalue weighted by molar-refractivity contribution is 7.09. The van der Waals surface area contributed by atoms with Crippen molar-refractivity contribution in [2.75, 3.05) is 19.6 Å². The molecule has 0 aliphatic carbocycles. The van der Waals surface area contributed by atoms with Crippen LogP contribution in [0.15, 0.2) is 5.38 Å². The van der Waals surface area contributed by atoms with Crippen LogP contribution in [0.1, 0.15) is 51.2 Å². The molecule has 2 heterocycles. The van der Waals surface area contributed by atoms with E-state index >= 15 is 0 Å². The number of aryl methyl sites for hydroxylation is 1. The van der Waals surface area contributed by atoms with E-state index in [9.17, 15) is 4.79 Å². The lowest BCUT2D eigenvalue weighted by molar-refractivity contribution is 0.00674. The van der Waals surface area contributed by atoms with Gasteiger partial charge in [-0.2, -0.15) is 0 Å². The van der Waals surface area contributed by atoms with E-state index in [1.807, 2.05) is 32.6 Å². The van der Waals surface area contributed by atoms with Crippen molar-refractivity contribution in [1.29, 1.82) is 0 Å². The number of nitrogens with one attached hydrogen (secondary N) is 1. The minimum Gasteiger partial charge on any atom is -0.444 e. The Bertz CT molecular complexity index is 538. The highest BCUT2D eigenvalue weighted by Gasteiger charge is 2.34. The Morgan fingerprint density at radius 3 is 2.87 bits per heavy atom. The molecule has 1 amide bonds. The Labute approximate surface area is 143 Å². The van der Waals surface area contributed by atoms with Crippen LogP contribution in [-0.2, 0) is 11.3 Å². The van der Waals surface area contributed by atoms with Crippen LogP contribution in [0, 0.1) is 12.3 Å². The highest BCUT2D eigenvalue weighted by atomic mass is 32.1. The maximum absolute atomic E-state index is 12.3. The van der Waals surface area contributed by atoms with Gasteiger partial charge >= 0.3 is 6.09 Å². The average molecular weight is 340 g/mol. The van der Waals surface area contributed by atoms with Gasteiger partial charge in [0, 0.05) is 31.6 Å². The number of carbonyl (C=O) groups excluding carboxylic acids is 1. The van der Waals surface area contributed by atoms with Crippen LogP contribution in [0.5, 0.6) is 0 Å². The molecule has 1 aliphatic heterocycles. The van der Waals surface area contributed by atoms with Gasteiger partial charge in [0.2, 0.25) is 0 Å². The van der Waals surface area contributed by atoms with Gasteiger partial charge in [-0.1, -0.05) is 6.92 Å². The van der Waals surface area contributed by atoms with E-state index in [4.69, 9.17) is 4.74 Å². The molecule has 1 saturated heterocycles. The Kier molecular flexibility index (Phi) is 5.68. The molecule has 1 N–H and O–H groups in total. The summed E-state index contributed by atoms with van der Waals surface area (Å²) in [4.78, 5) is 18.6. The Morgan fingerprint density at radius 2 is 2.26 bits per heavy atom. The second-order valence-electron chi connectivity index (χ2n) is 7.78. The van der Waals surface area contributed by atoms with E-state index in [1.165, 1.54) is 0 Å². The SMILES string of the molecule is Cc1nc(CNCC2(C)CCCN(C(=O)OC(C)(C)C)C2)cs1. The van der Waals surface area contributed by atoms with Crippen LogP contribution in [0.25, 0.3) is 0 Å². The number of hydrogen-bond donors (Lipinski definition) is 1. The first-order valence-corrected chi connectivity index (χ1v) is 9.15. The monoisotopic (exact) mass is 339 g/mol. The third-order valence-corrected chi connectivity index (χ3v) is 4.78. The largest absolute Gasteiger partial charge is 0.444 e. The number of amides is 1. The first-order chi connectivity index (χ1) is 10.7. The van der Waals surface area contributed by atoms with Crippen molar-refractivity contribution in [1.82, 2.24) is 15.2 Å². The van der Waals surface area contributed by atoms with Crippen LogP contribution in [0.4, 0.5) is 4.79 Å². The van der Waals surface area contributed by atoms with Gasteiger partial charge in [0.25, 0.3) is 0 Å². The van der Waals surface area contributed by atoms with E-state index < -0.39 is 5.60 Å². The van der Waals surface area contributed by atoms with Crippen LogP contribution in [0.2, 0.25) is 0 Å². The van der Waals surface area contributed by atoms with E-state index in [0.717, 1.165) is 49.7 Å². The summed E-state index contributed by atoms with van der Waals surface area (Å²) in [5.41, 5.74) is 0.738. The molecule has 2 rings (SSSR count). The minimum atomic E-state index is -0.439. The van der Waals surface area contributed by atoms with Crippen molar-refractivity contribution in [2.45, 2.75) is 59.6 Å². The van der Waals surface area contributed by atoms with Crippen molar-refractivity contribution in [3.8, 4) is 0 Å². The third-order valence-electron chi connectivity index (χ3n) is 3.96. The summed E-state index contributed by atoms with van der Waals surface area (Å²) in [6, 6.07) is 0. The summed E-state index contributed by atoms with van der Waals surface area (Å²) in [5.74, 6) is 0. The predicted molar refractivity (Wildman–Crippen MR) is 93.7 cm³/mol. The van der Waals surface area contributed by atoms with E-state index in [2.05, 4.69) is 22.6 Å². The van der Waals surface area contributed by atoms with Crippen molar-refractivity contribution in [3.05, 3.63) is 16.1 Å². The molecular formula is C17H29N3O2S. The van der Waals surface area contributed by atoms with E-state index in [1.54, 1.807) is 11.3 Å². The number of aromatic nitrogens is 1. The summed E-state index contributed by atoms with van der Waals surface area (Å²) >= 11 is 1.68. The van der Waals surface area contributed by atoms with Gasteiger partial charge in [0.1, 0.15) is 5.60 Å². The van der Waals surface area contributed by atoms with Crippen molar-refractivity contribution in [3.63, 3.8) is 0 Å². The maximum Gasteiger partial charge on any atom is 0.410 e. The third kappa shape index (κ3) is 5.77. The van der Waals surface area contributed by atoms with Crippen LogP contribution in [0.3, 0.4) is 0 Å². The number of ether oxygens (including phenoxy) is 1. The van der Waals surface area contributed by atoms with Gasteiger partial charge in [-0.3, -0.25) is 0 Å². The molecule has 0 aromatic carbocycles. The summed E-state index contributed by atoms with van der Waals surface area (Å²) in [6.45, 7) is 13.2. The van der Waals surface area contributed by atoms with Gasteiger partial charge in [0.05, 0.1) is 10.7 Å². The number of thiazole rings is 1. The fraction of sp³-hybridized carbons (Fsp3) is 0.765. The predicted octanol–water partition coefficient (Wildman–Crippen LogP) is 3.58. The summed E-state index contributed by atoms with van der Waals surface area (Å²) in [5, 5.41) is 6.69. The molecule has 0 saturated carbocycles. The Hall–Kier alpha value is -1.14. The lowest BCUT2D eigenvalue weighted by Crippen LogP contribution is -2.50. The second kappa shape index (κ2) is 7.18. The van der Waals surface area contributed by atoms with Gasteiger partial charge < -0.3 is 15.0 Å². The fourth-order valence-electron chi connectivity index (χ4n) is 2.92. The molecule has 23 heavy (non-hydrogen) atoms. The second-order valence-corrected chi connectivity index (χ2v) is 8.84. The molecule has 1 atom stereocenters. The normalized spacial score (nSPS) is 22.2. The molecule has 1 fully saturated rings. The molecule has 1 aromatic heterocycles. The summed E-state index contributed by atoms with van der Waals surface area (Å²) < 4.78 is 5.51. The number of rotatable bonds is 4. The molecule has 0 spiro atoms. The number of nitrogens with zero attached hydrogens (tertiary/aromatic N) is 2. The highest BCUT2D eigenvalue weighted by Crippen LogP contribution is 2.29. The lowest BCUT2D eigenvalue weighted by atomic mass is 9.82. The van der Waals surface area contributed by atoms with E-state index in [0.29, 0.717) is 0 Å². The molecule has 0 radical (unpaired) electrons. The van der Waals surface area contributed by atoms with Crippen molar-refractivity contribution < 1.29 is 9.53 Å². The zero-order valence-electron chi connectivity index (χ0n) is 14.9. The molecule has 1 aliphatic rings. The molecule has 0 bridgehead atoms. The van der Waals surface area contributed by atoms with Crippen LogP contribution in [-0.4, -0.2) is 41.2 Å². The van der Waals surface area contributed by atoms with Gasteiger partial charge in [-0.25, -0.2) is 9.78 Å². The minimum absolute atomic E-state index is 0.0836. The first-order valence-electron chi connectivity index (χ1n) is 8.27. The molecule has 1 aromatic rings. The fourth-order valence-corrected chi connectivity index (χ4v) is 3.54. The molecule has 130 valence electrons. The molecule has 1 unspecified atom stereocenters. The number of hydrogen-bond acceptors (Lipinski definition) is 5. The van der Waals surface area contributed by atoms with Gasteiger partial charge in [0.15, 0.2) is 0 Å². The topological polar surface area (TPSA) is 54.5 Å². The maximum atomic E-state index is 12.3. The van der Waals surface area contributed by atoms with Crippen LogP contribution >= 0.6 is 11.3 Å². The standard InChI is InChI=1S/C17H29N3O2S/c1-13-19-14(10-23-13)9-18-11-17(5)7-6-8-20(12-17)15(21)22-16(2,3)4/h10,18H,6-9,11-12H2,1-5H3. The Balaban J connectivity index is 1.84. The van der Waals surface area contributed by atoms with E-state index in [-0.39, 0.29) is 11.5 Å². The zero-order valence-corrected chi connectivity index (χ0v) is 15.8.